The Kier molecular flexibility index (Phi) is 3.42. The summed E-state index contributed by atoms with van der Waals surface area (Å²) in [5, 5.41) is 0. The van der Waals surface area contributed by atoms with Gasteiger partial charge in [-0.25, -0.2) is 0 Å². The molecule has 0 amide bonds. The minimum absolute atomic E-state index is 0.356. The monoisotopic (exact) mass is 388 g/mol. The molecule has 1 spiro atoms. The van der Waals surface area contributed by atoms with Crippen molar-refractivity contribution in [2.24, 2.45) is 0 Å². The van der Waals surface area contributed by atoms with Crippen LogP contribution in [0, 0.1) is 27.7 Å². The summed E-state index contributed by atoms with van der Waals surface area (Å²) in [4.78, 5) is 0. The Morgan fingerprint density at radius 2 is 1.03 bits per heavy atom. The summed E-state index contributed by atoms with van der Waals surface area (Å²) in [5.41, 5.74) is 12.8. The van der Waals surface area contributed by atoms with Crippen LogP contribution in [0.5, 0.6) is 11.5 Å². The number of rotatable bonds is 0. The quantitative estimate of drug-likeness (QED) is 0.264. The van der Waals surface area contributed by atoms with Crippen LogP contribution in [0.4, 0.5) is 0 Å². The Bertz CT molecular complexity index is 1310. The lowest BCUT2D eigenvalue weighted by atomic mass is 9.64. The fraction of sp³-hybridized carbons (Fsp3) is 0.172. The van der Waals surface area contributed by atoms with E-state index in [9.17, 15) is 0 Å². The fourth-order valence-electron chi connectivity index (χ4n) is 5.76. The molecule has 2 aliphatic rings. The van der Waals surface area contributed by atoms with Gasteiger partial charge >= 0.3 is 0 Å². The lowest BCUT2D eigenvalue weighted by molar-refractivity contribution is 0.431. The van der Waals surface area contributed by atoms with Crippen molar-refractivity contribution in [3.8, 4) is 22.6 Å². The topological polar surface area (TPSA) is 9.23 Å². The van der Waals surface area contributed by atoms with Crippen molar-refractivity contribution < 1.29 is 4.74 Å². The van der Waals surface area contributed by atoms with Gasteiger partial charge in [-0.2, -0.15) is 0 Å². The first-order valence-electron chi connectivity index (χ1n) is 10.6. The summed E-state index contributed by atoms with van der Waals surface area (Å²) in [6.45, 7) is 8.93. The van der Waals surface area contributed by atoms with Gasteiger partial charge in [0.05, 0.1) is 5.41 Å². The van der Waals surface area contributed by atoms with Crippen LogP contribution in [0.25, 0.3) is 11.1 Å². The van der Waals surface area contributed by atoms with Crippen molar-refractivity contribution >= 4 is 0 Å². The van der Waals surface area contributed by atoms with Crippen LogP contribution in [0.2, 0.25) is 0 Å². The van der Waals surface area contributed by atoms with E-state index in [4.69, 9.17) is 4.74 Å². The average molecular weight is 389 g/mol. The van der Waals surface area contributed by atoms with Crippen molar-refractivity contribution in [2.45, 2.75) is 33.1 Å². The van der Waals surface area contributed by atoms with Crippen molar-refractivity contribution in [2.75, 3.05) is 0 Å². The molecule has 1 aliphatic carbocycles. The zero-order valence-corrected chi connectivity index (χ0v) is 17.8. The van der Waals surface area contributed by atoms with E-state index in [-0.39, 0.29) is 5.41 Å². The molecule has 6 rings (SSSR count). The van der Waals surface area contributed by atoms with Crippen LogP contribution in [-0.2, 0) is 5.41 Å². The standard InChI is InChI=1S/C29H24O/c1-17-18(2)20(4)28-27(19(17)3)29(25-15-9-10-16-26(25)30-28)23-13-7-5-11-21(23)22-12-6-8-14-24(22)29/h5-16H,1-4H3. The van der Waals surface area contributed by atoms with E-state index < -0.39 is 0 Å². The number of hydrogen-bond acceptors (Lipinski definition) is 1. The fourth-order valence-corrected chi connectivity index (χ4v) is 5.76. The molecule has 4 aromatic carbocycles. The van der Waals surface area contributed by atoms with Crippen molar-refractivity contribution in [1.29, 1.82) is 0 Å². The molecular weight excluding hydrogens is 364 g/mol. The number of benzene rings is 4. The van der Waals surface area contributed by atoms with E-state index in [0.29, 0.717) is 0 Å². The predicted octanol–water partition coefficient (Wildman–Crippen LogP) is 7.39. The van der Waals surface area contributed by atoms with Gasteiger partial charge in [0.25, 0.3) is 0 Å². The molecule has 0 atom stereocenters. The Morgan fingerprint density at radius 1 is 0.533 bits per heavy atom. The normalized spacial score (nSPS) is 14.5. The van der Waals surface area contributed by atoms with Crippen LogP contribution in [-0.4, -0.2) is 0 Å². The zero-order chi connectivity index (χ0) is 20.6. The van der Waals surface area contributed by atoms with E-state index in [1.807, 2.05) is 0 Å². The maximum absolute atomic E-state index is 6.64. The summed E-state index contributed by atoms with van der Waals surface area (Å²) in [7, 11) is 0. The Balaban J connectivity index is 1.90. The third kappa shape index (κ3) is 1.89. The van der Waals surface area contributed by atoms with Gasteiger partial charge in [0.1, 0.15) is 11.5 Å². The second-order valence-electron chi connectivity index (χ2n) is 8.64. The van der Waals surface area contributed by atoms with Crippen LogP contribution < -0.4 is 4.74 Å². The summed E-state index contributed by atoms with van der Waals surface area (Å²) in [5.74, 6) is 1.99. The molecule has 0 radical (unpaired) electrons. The molecule has 4 aromatic rings. The van der Waals surface area contributed by atoms with Crippen LogP contribution >= 0.6 is 0 Å². The predicted molar refractivity (Wildman–Crippen MR) is 123 cm³/mol. The first-order chi connectivity index (χ1) is 14.6. The van der Waals surface area contributed by atoms with Crippen molar-refractivity contribution in [3.63, 3.8) is 0 Å². The maximum Gasteiger partial charge on any atom is 0.135 e. The van der Waals surface area contributed by atoms with Crippen LogP contribution in [0.15, 0.2) is 72.8 Å². The van der Waals surface area contributed by atoms with Crippen molar-refractivity contribution in [1.82, 2.24) is 0 Å². The second kappa shape index (κ2) is 5.86. The number of hydrogen-bond donors (Lipinski definition) is 0. The van der Waals surface area contributed by atoms with Gasteiger partial charge in [-0.15, -0.1) is 0 Å². The summed E-state index contributed by atoms with van der Waals surface area (Å²) in [6, 6.07) is 26.4. The molecule has 1 heteroatoms. The highest BCUT2D eigenvalue weighted by Crippen LogP contribution is 2.63. The number of ether oxygens (including phenoxy) is 1. The summed E-state index contributed by atoms with van der Waals surface area (Å²) in [6.07, 6.45) is 0. The second-order valence-corrected chi connectivity index (χ2v) is 8.64. The lowest BCUT2D eigenvalue weighted by Crippen LogP contribution is -2.34. The molecule has 0 fully saturated rings. The Hall–Kier alpha value is -3.32. The molecule has 0 unspecified atom stereocenters. The largest absolute Gasteiger partial charge is 0.456 e. The summed E-state index contributed by atoms with van der Waals surface area (Å²) >= 11 is 0. The zero-order valence-electron chi connectivity index (χ0n) is 17.8. The third-order valence-corrected chi connectivity index (χ3v) is 7.46. The van der Waals surface area contributed by atoms with E-state index in [2.05, 4.69) is 100 Å². The SMILES string of the molecule is Cc1c(C)c(C)c2c(c1C)Oc1ccccc1C21c2ccccc2-c2ccccc21. The molecule has 0 bridgehead atoms. The highest BCUT2D eigenvalue weighted by molar-refractivity contribution is 5.89. The number of fused-ring (bicyclic) bond motifs is 9. The average Bonchev–Trinajstić information content (AvgIpc) is 3.08. The molecule has 146 valence electrons. The van der Waals surface area contributed by atoms with Gasteiger partial charge < -0.3 is 4.74 Å². The van der Waals surface area contributed by atoms with Crippen molar-refractivity contribution in [3.05, 3.63) is 117 Å². The lowest BCUT2D eigenvalue weighted by Gasteiger charge is -2.41. The molecule has 1 aliphatic heterocycles. The molecule has 0 saturated carbocycles. The van der Waals surface area contributed by atoms with Gasteiger partial charge in [-0.05, 0) is 78.3 Å². The minimum Gasteiger partial charge on any atom is -0.456 e. The molecule has 0 saturated heterocycles. The first-order valence-corrected chi connectivity index (χ1v) is 10.6. The van der Waals surface area contributed by atoms with E-state index in [1.165, 1.54) is 55.6 Å². The molecule has 1 heterocycles. The van der Waals surface area contributed by atoms with Crippen LogP contribution in [0.1, 0.15) is 44.5 Å². The molecular formula is C29H24O. The van der Waals surface area contributed by atoms with Gasteiger partial charge in [-0.1, -0.05) is 66.7 Å². The van der Waals surface area contributed by atoms with E-state index in [0.717, 1.165) is 11.5 Å². The molecule has 1 nitrogen and oxygen atoms in total. The maximum atomic E-state index is 6.64. The molecule has 0 N–H and O–H groups in total. The van der Waals surface area contributed by atoms with E-state index >= 15 is 0 Å². The Morgan fingerprint density at radius 3 is 1.67 bits per heavy atom. The number of para-hydroxylation sites is 1. The molecule has 0 aromatic heterocycles. The smallest absolute Gasteiger partial charge is 0.135 e. The highest BCUT2D eigenvalue weighted by Gasteiger charge is 2.52. The summed E-state index contributed by atoms with van der Waals surface area (Å²) < 4.78 is 6.64. The van der Waals surface area contributed by atoms with Crippen LogP contribution in [0.3, 0.4) is 0 Å². The van der Waals surface area contributed by atoms with Gasteiger partial charge in [-0.3, -0.25) is 0 Å². The van der Waals surface area contributed by atoms with E-state index in [1.54, 1.807) is 0 Å². The first kappa shape index (κ1) is 17.5. The van der Waals surface area contributed by atoms with Gasteiger partial charge in [0, 0.05) is 11.1 Å². The Labute approximate surface area is 178 Å². The highest BCUT2D eigenvalue weighted by atomic mass is 16.5. The minimum atomic E-state index is -0.356. The molecule has 30 heavy (non-hydrogen) atoms. The van der Waals surface area contributed by atoms with Gasteiger partial charge in [0.15, 0.2) is 0 Å². The van der Waals surface area contributed by atoms with Gasteiger partial charge in [0.2, 0.25) is 0 Å². The third-order valence-electron chi connectivity index (χ3n) is 7.46.